The number of ether oxygens (including phenoxy) is 1. The maximum absolute atomic E-state index is 12.8. The van der Waals surface area contributed by atoms with Crippen LogP contribution in [0, 0.1) is 0 Å². The molecule has 0 radical (unpaired) electrons. The monoisotopic (exact) mass is 448 g/mol. The van der Waals surface area contributed by atoms with E-state index in [1.165, 1.54) is 26.8 Å². The fraction of sp³-hybridized carbons (Fsp3) is 0.476. The summed E-state index contributed by atoms with van der Waals surface area (Å²) in [6.45, 7) is 6.80. The summed E-state index contributed by atoms with van der Waals surface area (Å²) in [5.74, 6) is 0.873. The molecule has 1 saturated heterocycles. The predicted molar refractivity (Wildman–Crippen MR) is 119 cm³/mol. The quantitative estimate of drug-likeness (QED) is 0.561. The summed E-state index contributed by atoms with van der Waals surface area (Å²) < 4.78 is 32.8. The van der Waals surface area contributed by atoms with Crippen LogP contribution in [0.1, 0.15) is 22.9 Å². The molecule has 30 heavy (non-hydrogen) atoms. The van der Waals surface area contributed by atoms with Gasteiger partial charge in [-0.25, -0.2) is 13.4 Å². The molecule has 1 fully saturated rings. The lowest BCUT2D eigenvalue weighted by atomic mass is 10.0. The minimum absolute atomic E-state index is 0.381. The van der Waals surface area contributed by atoms with Crippen LogP contribution in [0.3, 0.4) is 0 Å². The Bertz CT molecular complexity index is 997. The van der Waals surface area contributed by atoms with Crippen molar-refractivity contribution >= 4 is 27.3 Å². The van der Waals surface area contributed by atoms with Gasteiger partial charge in [0, 0.05) is 37.6 Å². The van der Waals surface area contributed by atoms with E-state index >= 15 is 0 Å². The van der Waals surface area contributed by atoms with Gasteiger partial charge < -0.3 is 15.0 Å². The van der Waals surface area contributed by atoms with Crippen molar-refractivity contribution in [1.82, 2.24) is 14.5 Å². The number of nitrogens with zero attached hydrogens (tertiary/aromatic N) is 3. The molecule has 3 heterocycles. The number of guanidine groups is 1. The van der Waals surface area contributed by atoms with E-state index in [2.05, 4.69) is 41.4 Å². The molecule has 1 aromatic heterocycles. The van der Waals surface area contributed by atoms with Crippen LogP contribution in [-0.2, 0) is 34.3 Å². The van der Waals surface area contributed by atoms with E-state index in [1.807, 2.05) is 6.07 Å². The summed E-state index contributed by atoms with van der Waals surface area (Å²) in [5, 5.41) is 3.38. The van der Waals surface area contributed by atoms with Crippen molar-refractivity contribution in [1.29, 1.82) is 0 Å². The third-order valence-electron chi connectivity index (χ3n) is 5.35. The number of sulfonamides is 1. The van der Waals surface area contributed by atoms with Crippen LogP contribution in [0.5, 0.6) is 0 Å². The average molecular weight is 449 g/mol. The van der Waals surface area contributed by atoms with Crippen LogP contribution >= 0.6 is 11.3 Å². The fourth-order valence-electron chi connectivity index (χ4n) is 3.75. The molecule has 0 aliphatic carbocycles. The number of fused-ring (bicyclic) bond motifs is 1. The Hall–Kier alpha value is -1.94. The molecule has 0 atom stereocenters. The summed E-state index contributed by atoms with van der Waals surface area (Å²) in [6.07, 6.45) is 1.00. The van der Waals surface area contributed by atoms with Crippen LogP contribution in [0.25, 0.3) is 0 Å². The van der Waals surface area contributed by atoms with Gasteiger partial charge in [0.25, 0.3) is 10.0 Å². The van der Waals surface area contributed by atoms with Gasteiger partial charge >= 0.3 is 0 Å². The molecule has 1 aromatic carbocycles. The summed E-state index contributed by atoms with van der Waals surface area (Å²) in [5.41, 5.74) is 2.74. The Morgan fingerprint density at radius 3 is 2.67 bits per heavy atom. The van der Waals surface area contributed by atoms with Crippen molar-refractivity contribution in [2.75, 3.05) is 39.4 Å². The minimum atomic E-state index is -3.45. The number of hydrogen-bond acceptors (Lipinski definition) is 5. The minimum Gasteiger partial charge on any atom is -0.379 e. The first-order valence-corrected chi connectivity index (χ1v) is 12.6. The second-order valence-electron chi connectivity index (χ2n) is 7.35. The van der Waals surface area contributed by atoms with Crippen LogP contribution < -0.4 is 5.32 Å². The molecule has 9 heteroatoms. The normalized spacial score (nSPS) is 18.3. The van der Waals surface area contributed by atoms with Gasteiger partial charge in [-0.1, -0.05) is 24.3 Å². The first-order chi connectivity index (χ1) is 14.6. The van der Waals surface area contributed by atoms with Crippen LogP contribution in [-0.4, -0.2) is 63.0 Å². The third kappa shape index (κ3) is 4.69. The Kier molecular flexibility index (Phi) is 6.72. The Labute approximate surface area is 182 Å². The molecule has 4 rings (SSSR count). The summed E-state index contributed by atoms with van der Waals surface area (Å²) in [7, 11) is -3.45. The molecule has 0 amide bonds. The van der Waals surface area contributed by atoms with E-state index in [4.69, 9.17) is 9.73 Å². The van der Waals surface area contributed by atoms with Gasteiger partial charge in [-0.05, 0) is 36.6 Å². The van der Waals surface area contributed by atoms with E-state index in [1.54, 1.807) is 6.07 Å². The molecular formula is C21H28N4O3S2. The van der Waals surface area contributed by atoms with Crippen LogP contribution in [0.2, 0.25) is 0 Å². The van der Waals surface area contributed by atoms with Gasteiger partial charge in [0.05, 0.1) is 19.8 Å². The maximum Gasteiger partial charge on any atom is 0.252 e. The van der Waals surface area contributed by atoms with Gasteiger partial charge in [0.15, 0.2) is 5.96 Å². The fourth-order valence-corrected chi connectivity index (χ4v) is 6.59. The predicted octanol–water partition coefficient (Wildman–Crippen LogP) is 2.29. The maximum atomic E-state index is 12.8. The average Bonchev–Trinajstić information content (AvgIpc) is 3.27. The van der Waals surface area contributed by atoms with Crippen LogP contribution in [0.15, 0.2) is 45.6 Å². The van der Waals surface area contributed by atoms with Crippen molar-refractivity contribution in [2.45, 2.75) is 30.6 Å². The van der Waals surface area contributed by atoms with Gasteiger partial charge in [-0.3, -0.25) is 0 Å². The Morgan fingerprint density at radius 1 is 1.13 bits per heavy atom. The molecule has 2 aliphatic rings. The number of rotatable bonds is 5. The zero-order valence-electron chi connectivity index (χ0n) is 17.2. The number of hydrogen-bond donors (Lipinski definition) is 1. The van der Waals surface area contributed by atoms with Crippen LogP contribution in [0.4, 0.5) is 0 Å². The molecule has 2 aliphatic heterocycles. The highest BCUT2D eigenvalue weighted by Gasteiger charge is 2.27. The standard InChI is InChI=1S/C21H28N4O3S2/c1-2-22-21(24-10-9-17-5-3-4-6-18(17)16-24)23-15-19-7-8-20(29-19)30(26,27)25-11-13-28-14-12-25/h3-8H,2,9-16H2,1H3,(H,22,23). The third-order valence-corrected chi connectivity index (χ3v) is 8.79. The second kappa shape index (κ2) is 9.47. The highest BCUT2D eigenvalue weighted by Crippen LogP contribution is 2.26. The van der Waals surface area contributed by atoms with Gasteiger partial charge in [0.2, 0.25) is 0 Å². The van der Waals surface area contributed by atoms with Crippen molar-refractivity contribution in [3.8, 4) is 0 Å². The molecule has 0 unspecified atom stereocenters. The molecular weight excluding hydrogens is 420 g/mol. The highest BCUT2D eigenvalue weighted by atomic mass is 32.2. The molecule has 2 aromatic rings. The van der Waals surface area contributed by atoms with E-state index in [-0.39, 0.29) is 0 Å². The highest BCUT2D eigenvalue weighted by molar-refractivity contribution is 7.91. The Balaban J connectivity index is 1.46. The first-order valence-electron chi connectivity index (χ1n) is 10.3. The van der Waals surface area contributed by atoms with E-state index in [9.17, 15) is 8.42 Å². The molecule has 0 bridgehead atoms. The lowest BCUT2D eigenvalue weighted by molar-refractivity contribution is 0.0731. The summed E-state index contributed by atoms with van der Waals surface area (Å²) in [4.78, 5) is 8.01. The lowest BCUT2D eigenvalue weighted by Gasteiger charge is -2.31. The second-order valence-corrected chi connectivity index (χ2v) is 10.7. The smallest absolute Gasteiger partial charge is 0.252 e. The molecule has 7 nitrogen and oxygen atoms in total. The zero-order valence-corrected chi connectivity index (χ0v) is 18.8. The number of aliphatic imine (C=N–C) groups is 1. The molecule has 0 saturated carbocycles. The zero-order chi connectivity index (χ0) is 21.0. The number of thiophene rings is 1. The largest absolute Gasteiger partial charge is 0.379 e. The molecule has 1 N–H and O–H groups in total. The topological polar surface area (TPSA) is 74.2 Å². The first kappa shape index (κ1) is 21.3. The number of benzene rings is 1. The van der Waals surface area contributed by atoms with Gasteiger partial charge in [-0.2, -0.15) is 4.31 Å². The van der Waals surface area contributed by atoms with Crippen molar-refractivity contribution in [2.24, 2.45) is 4.99 Å². The van der Waals surface area contributed by atoms with E-state index < -0.39 is 10.0 Å². The van der Waals surface area contributed by atoms with Crippen molar-refractivity contribution in [3.05, 3.63) is 52.4 Å². The summed E-state index contributed by atoms with van der Waals surface area (Å²) in [6, 6.07) is 12.1. The lowest BCUT2D eigenvalue weighted by Crippen LogP contribution is -2.44. The Morgan fingerprint density at radius 2 is 1.90 bits per heavy atom. The number of nitrogens with one attached hydrogen (secondary N) is 1. The van der Waals surface area contributed by atoms with Crippen molar-refractivity contribution < 1.29 is 13.2 Å². The SMILES string of the molecule is CCNC(=NCc1ccc(S(=O)(=O)N2CCOCC2)s1)N1CCc2ccccc2C1. The van der Waals surface area contributed by atoms with Gasteiger partial charge in [0.1, 0.15) is 4.21 Å². The number of morpholine rings is 1. The van der Waals surface area contributed by atoms with E-state index in [0.717, 1.165) is 36.9 Å². The molecule has 0 spiro atoms. The summed E-state index contributed by atoms with van der Waals surface area (Å²) >= 11 is 1.30. The van der Waals surface area contributed by atoms with Gasteiger partial charge in [-0.15, -0.1) is 11.3 Å². The van der Waals surface area contributed by atoms with Crippen molar-refractivity contribution in [3.63, 3.8) is 0 Å². The van der Waals surface area contributed by atoms with E-state index in [0.29, 0.717) is 37.1 Å². The molecule has 162 valence electrons.